The van der Waals surface area contributed by atoms with Gasteiger partial charge in [0.1, 0.15) is 5.82 Å². The number of fused-ring (bicyclic) bond motifs is 3. The highest BCUT2D eigenvalue weighted by atomic mass is 32.2. The topological polar surface area (TPSA) is 54.3 Å². The fraction of sp³-hybridized carbons (Fsp3) is 0.167. The number of amides is 1. The predicted molar refractivity (Wildman–Crippen MR) is 91.1 cm³/mol. The first-order valence-corrected chi connectivity index (χ1v) is 8.63. The zero-order valence-electron chi connectivity index (χ0n) is 12.8. The standard InChI is InChI=1S/C18H15FN2O2S/c19-13-5-6-15-14(9-13)17-16(7-8-24-17)21(15)10-11-1-3-12(4-2-11)18(22)20-23/h1-6,9,23H,7-8,10H2,(H,20,22). The Morgan fingerprint density at radius 1 is 1.25 bits per heavy atom. The van der Waals surface area contributed by atoms with E-state index in [2.05, 4.69) is 4.57 Å². The molecule has 2 heterocycles. The van der Waals surface area contributed by atoms with Gasteiger partial charge in [-0.15, -0.1) is 11.8 Å². The Bertz CT molecular complexity index is 934. The van der Waals surface area contributed by atoms with Gasteiger partial charge >= 0.3 is 0 Å². The Morgan fingerprint density at radius 3 is 2.79 bits per heavy atom. The molecule has 0 bridgehead atoms. The van der Waals surface area contributed by atoms with E-state index in [1.807, 2.05) is 18.2 Å². The van der Waals surface area contributed by atoms with E-state index in [0.717, 1.165) is 28.6 Å². The Morgan fingerprint density at radius 2 is 2.04 bits per heavy atom. The molecule has 0 fully saturated rings. The van der Waals surface area contributed by atoms with Crippen molar-refractivity contribution in [3.05, 3.63) is 65.1 Å². The van der Waals surface area contributed by atoms with Crippen molar-refractivity contribution in [3.63, 3.8) is 0 Å². The second kappa shape index (κ2) is 5.96. The largest absolute Gasteiger partial charge is 0.339 e. The number of carbonyl (C=O) groups is 1. The van der Waals surface area contributed by atoms with E-state index in [4.69, 9.17) is 5.21 Å². The number of rotatable bonds is 3. The second-order valence-electron chi connectivity index (χ2n) is 5.76. The van der Waals surface area contributed by atoms with Gasteiger partial charge in [0, 0.05) is 39.4 Å². The van der Waals surface area contributed by atoms with Gasteiger partial charge in [-0.3, -0.25) is 10.0 Å². The highest BCUT2D eigenvalue weighted by Crippen LogP contribution is 2.40. The molecule has 0 aliphatic carbocycles. The zero-order valence-corrected chi connectivity index (χ0v) is 13.6. The molecule has 2 N–H and O–H groups in total. The molecule has 3 aromatic rings. The third-order valence-corrected chi connectivity index (χ3v) is 5.48. The number of hydrogen-bond acceptors (Lipinski definition) is 3. The highest BCUT2D eigenvalue weighted by Gasteiger charge is 2.22. The van der Waals surface area contributed by atoms with E-state index in [-0.39, 0.29) is 5.82 Å². The van der Waals surface area contributed by atoms with Crippen LogP contribution in [0.4, 0.5) is 4.39 Å². The van der Waals surface area contributed by atoms with Crippen molar-refractivity contribution in [3.8, 4) is 0 Å². The lowest BCUT2D eigenvalue weighted by molar-refractivity contribution is 0.0706. The van der Waals surface area contributed by atoms with Crippen LogP contribution in [-0.4, -0.2) is 21.4 Å². The first-order chi connectivity index (χ1) is 11.7. The predicted octanol–water partition coefficient (Wildman–Crippen LogP) is 3.60. The maximum atomic E-state index is 13.6. The summed E-state index contributed by atoms with van der Waals surface area (Å²) >= 11 is 1.78. The fourth-order valence-electron chi connectivity index (χ4n) is 3.20. The summed E-state index contributed by atoms with van der Waals surface area (Å²) in [5.74, 6) is 0.280. The van der Waals surface area contributed by atoms with E-state index in [0.29, 0.717) is 12.1 Å². The van der Waals surface area contributed by atoms with Crippen molar-refractivity contribution in [2.75, 3.05) is 5.75 Å². The summed E-state index contributed by atoms with van der Waals surface area (Å²) in [6, 6.07) is 12.0. The molecule has 0 radical (unpaired) electrons. The number of hydroxylamine groups is 1. The molecule has 0 spiro atoms. The van der Waals surface area contributed by atoms with Gasteiger partial charge in [-0.25, -0.2) is 9.87 Å². The summed E-state index contributed by atoms with van der Waals surface area (Å²) < 4.78 is 15.8. The number of carbonyl (C=O) groups excluding carboxylic acids is 1. The van der Waals surface area contributed by atoms with E-state index in [1.54, 1.807) is 35.4 Å². The van der Waals surface area contributed by atoms with Crippen LogP contribution < -0.4 is 5.48 Å². The Hall–Kier alpha value is -2.31. The molecular formula is C18H15FN2O2S. The third-order valence-electron chi connectivity index (χ3n) is 4.33. The molecule has 0 saturated heterocycles. The summed E-state index contributed by atoms with van der Waals surface area (Å²) in [5.41, 5.74) is 5.36. The SMILES string of the molecule is O=C(NO)c1ccc(Cn2c3c(c4cc(F)ccc42)SCC3)cc1. The average Bonchev–Trinajstić information content (AvgIpc) is 3.18. The molecule has 4 rings (SSSR count). The Balaban J connectivity index is 1.74. The smallest absolute Gasteiger partial charge is 0.274 e. The van der Waals surface area contributed by atoms with Crippen molar-refractivity contribution in [2.45, 2.75) is 17.9 Å². The van der Waals surface area contributed by atoms with E-state index in [9.17, 15) is 9.18 Å². The first-order valence-electron chi connectivity index (χ1n) is 7.64. The summed E-state index contributed by atoms with van der Waals surface area (Å²) in [6.45, 7) is 0.666. The number of thioether (sulfide) groups is 1. The quantitative estimate of drug-likeness (QED) is 0.565. The molecule has 0 unspecified atom stereocenters. The number of aromatic nitrogens is 1. The summed E-state index contributed by atoms with van der Waals surface area (Å²) in [6.07, 6.45) is 0.974. The molecule has 0 saturated carbocycles. The van der Waals surface area contributed by atoms with Gasteiger partial charge in [0.15, 0.2) is 0 Å². The maximum Gasteiger partial charge on any atom is 0.274 e. The van der Waals surface area contributed by atoms with Crippen molar-refractivity contribution < 1.29 is 14.4 Å². The second-order valence-corrected chi connectivity index (χ2v) is 6.86. The third kappa shape index (κ3) is 2.48. The van der Waals surface area contributed by atoms with Gasteiger partial charge in [-0.2, -0.15) is 0 Å². The van der Waals surface area contributed by atoms with E-state index < -0.39 is 5.91 Å². The van der Waals surface area contributed by atoms with Crippen LogP contribution in [0.1, 0.15) is 21.6 Å². The molecule has 4 nitrogen and oxygen atoms in total. The van der Waals surface area contributed by atoms with Crippen LogP contribution in [0.2, 0.25) is 0 Å². The number of benzene rings is 2. The van der Waals surface area contributed by atoms with E-state index in [1.165, 1.54) is 16.7 Å². The normalized spacial score (nSPS) is 13.2. The van der Waals surface area contributed by atoms with Crippen LogP contribution in [-0.2, 0) is 13.0 Å². The minimum absolute atomic E-state index is 0.214. The van der Waals surface area contributed by atoms with Gasteiger partial charge < -0.3 is 4.57 Å². The Labute approximate surface area is 142 Å². The van der Waals surface area contributed by atoms with Crippen LogP contribution in [0.15, 0.2) is 47.4 Å². The van der Waals surface area contributed by atoms with Gasteiger partial charge in [-0.1, -0.05) is 12.1 Å². The van der Waals surface area contributed by atoms with Crippen molar-refractivity contribution in [1.82, 2.24) is 10.0 Å². The van der Waals surface area contributed by atoms with Crippen molar-refractivity contribution >= 4 is 28.6 Å². The zero-order chi connectivity index (χ0) is 16.7. The molecule has 1 amide bonds. The molecule has 0 atom stereocenters. The lowest BCUT2D eigenvalue weighted by Crippen LogP contribution is -2.18. The van der Waals surface area contributed by atoms with Gasteiger partial charge in [0.2, 0.25) is 0 Å². The minimum atomic E-state index is -0.527. The van der Waals surface area contributed by atoms with Crippen LogP contribution in [0.5, 0.6) is 0 Å². The lowest BCUT2D eigenvalue weighted by Gasteiger charge is -2.10. The lowest BCUT2D eigenvalue weighted by atomic mass is 10.1. The van der Waals surface area contributed by atoms with Gasteiger partial charge in [-0.05, 0) is 42.3 Å². The monoisotopic (exact) mass is 342 g/mol. The number of halogens is 1. The van der Waals surface area contributed by atoms with Crippen molar-refractivity contribution in [2.24, 2.45) is 0 Å². The molecule has 2 aromatic carbocycles. The van der Waals surface area contributed by atoms with Crippen LogP contribution >= 0.6 is 11.8 Å². The first kappa shape index (κ1) is 15.2. The molecular weight excluding hydrogens is 327 g/mol. The average molecular weight is 342 g/mol. The van der Waals surface area contributed by atoms with E-state index >= 15 is 0 Å². The summed E-state index contributed by atoms with van der Waals surface area (Å²) in [4.78, 5) is 12.6. The van der Waals surface area contributed by atoms with Crippen LogP contribution in [0.3, 0.4) is 0 Å². The summed E-state index contributed by atoms with van der Waals surface area (Å²) in [5, 5.41) is 9.65. The molecule has 1 aliphatic heterocycles. The molecule has 24 heavy (non-hydrogen) atoms. The minimum Gasteiger partial charge on any atom is -0.339 e. The van der Waals surface area contributed by atoms with Gasteiger partial charge in [0.05, 0.1) is 0 Å². The summed E-state index contributed by atoms with van der Waals surface area (Å²) in [7, 11) is 0. The van der Waals surface area contributed by atoms with Gasteiger partial charge in [0.25, 0.3) is 5.91 Å². The maximum absolute atomic E-state index is 13.6. The molecule has 1 aromatic heterocycles. The van der Waals surface area contributed by atoms with Crippen molar-refractivity contribution in [1.29, 1.82) is 0 Å². The van der Waals surface area contributed by atoms with Crippen LogP contribution in [0, 0.1) is 5.82 Å². The highest BCUT2D eigenvalue weighted by molar-refractivity contribution is 7.99. The molecule has 6 heteroatoms. The Kier molecular flexibility index (Phi) is 3.78. The van der Waals surface area contributed by atoms with Crippen LogP contribution in [0.25, 0.3) is 10.9 Å². The molecule has 122 valence electrons. The fourth-order valence-corrected chi connectivity index (χ4v) is 4.39. The number of nitrogens with zero attached hydrogens (tertiary/aromatic N) is 1. The molecule has 1 aliphatic rings. The number of nitrogens with one attached hydrogen (secondary N) is 1. The number of hydrogen-bond donors (Lipinski definition) is 2.